The summed E-state index contributed by atoms with van der Waals surface area (Å²) in [6, 6.07) is 7.54. The lowest BCUT2D eigenvalue weighted by atomic mass is 10.2. The van der Waals surface area contributed by atoms with Crippen LogP contribution in [0, 0.1) is 6.92 Å². The Balaban J connectivity index is 1.94. The van der Waals surface area contributed by atoms with Crippen molar-refractivity contribution < 1.29 is 19.1 Å². The van der Waals surface area contributed by atoms with E-state index < -0.39 is 6.10 Å². The molecule has 0 bridgehead atoms. The van der Waals surface area contributed by atoms with Gasteiger partial charge in [0, 0.05) is 0 Å². The average molecular weight is 381 g/mol. The van der Waals surface area contributed by atoms with E-state index >= 15 is 0 Å². The number of anilines is 1. The number of carbonyl (C=O) groups is 2. The summed E-state index contributed by atoms with van der Waals surface area (Å²) in [5, 5.41) is 10.9. The smallest absolute Gasteiger partial charge is 0.316 e. The first-order valence-electron chi connectivity index (χ1n) is 7.59. The molecule has 9 heteroatoms. The molecule has 0 aliphatic heterocycles. The summed E-state index contributed by atoms with van der Waals surface area (Å²) >= 11 is 2.40. The standard InChI is InChI=1S/C16H19N3O4S2/c1-4-11(23-12-8-6-5-7-10(12)2)14(21)17-15-18-19-16(25-15)24-9-13(20)22-3/h5-8,11H,4,9H2,1-3H3,(H,17,18,21)/t11-/m1/s1. The van der Waals surface area contributed by atoms with E-state index in [0.29, 0.717) is 21.6 Å². The molecule has 0 fully saturated rings. The lowest BCUT2D eigenvalue weighted by Gasteiger charge is -2.17. The van der Waals surface area contributed by atoms with Crippen molar-refractivity contribution in [1.82, 2.24) is 10.2 Å². The van der Waals surface area contributed by atoms with Gasteiger partial charge in [0.1, 0.15) is 5.75 Å². The van der Waals surface area contributed by atoms with Gasteiger partial charge in [0.25, 0.3) is 5.91 Å². The molecule has 0 unspecified atom stereocenters. The largest absolute Gasteiger partial charge is 0.480 e. The van der Waals surface area contributed by atoms with Crippen LogP contribution in [0.15, 0.2) is 28.6 Å². The van der Waals surface area contributed by atoms with Gasteiger partial charge in [-0.05, 0) is 25.0 Å². The second-order valence-corrected chi connectivity index (χ2v) is 7.21. The zero-order valence-electron chi connectivity index (χ0n) is 14.1. The molecule has 0 aliphatic carbocycles. The molecule has 1 amide bonds. The lowest BCUT2D eigenvalue weighted by molar-refractivity contribution is -0.137. The molecule has 2 aromatic rings. The van der Waals surface area contributed by atoms with E-state index in [1.807, 2.05) is 38.1 Å². The third-order valence-electron chi connectivity index (χ3n) is 3.20. The van der Waals surface area contributed by atoms with Crippen LogP contribution in [0.2, 0.25) is 0 Å². The normalized spacial score (nSPS) is 11.6. The summed E-state index contributed by atoms with van der Waals surface area (Å²) in [4.78, 5) is 23.5. The number of ether oxygens (including phenoxy) is 2. The molecule has 0 saturated heterocycles. The number of esters is 1. The Morgan fingerprint density at radius 2 is 2.08 bits per heavy atom. The summed E-state index contributed by atoms with van der Waals surface area (Å²) in [7, 11) is 1.33. The highest BCUT2D eigenvalue weighted by atomic mass is 32.2. The second-order valence-electron chi connectivity index (χ2n) is 5.01. The van der Waals surface area contributed by atoms with Crippen molar-refractivity contribution in [2.45, 2.75) is 30.7 Å². The summed E-state index contributed by atoms with van der Waals surface area (Å²) in [5.74, 6) is 0.193. The first-order chi connectivity index (χ1) is 12.0. The van der Waals surface area contributed by atoms with Crippen LogP contribution in [-0.2, 0) is 14.3 Å². The van der Waals surface area contributed by atoms with E-state index in [0.717, 1.165) is 5.56 Å². The maximum Gasteiger partial charge on any atom is 0.316 e. The van der Waals surface area contributed by atoms with Gasteiger partial charge < -0.3 is 9.47 Å². The Hall–Kier alpha value is -2.13. The molecule has 1 N–H and O–H groups in total. The molecule has 0 spiro atoms. The van der Waals surface area contributed by atoms with Gasteiger partial charge in [-0.15, -0.1) is 10.2 Å². The van der Waals surface area contributed by atoms with Crippen LogP contribution in [0.3, 0.4) is 0 Å². The van der Waals surface area contributed by atoms with E-state index in [2.05, 4.69) is 20.3 Å². The number of amides is 1. The highest BCUT2D eigenvalue weighted by molar-refractivity contribution is 8.01. The van der Waals surface area contributed by atoms with Gasteiger partial charge in [-0.25, -0.2) is 0 Å². The van der Waals surface area contributed by atoms with Crippen molar-refractivity contribution >= 4 is 40.1 Å². The highest BCUT2D eigenvalue weighted by Crippen LogP contribution is 2.26. The fraction of sp³-hybridized carbons (Fsp3) is 0.375. The van der Waals surface area contributed by atoms with Crippen LogP contribution >= 0.6 is 23.1 Å². The van der Waals surface area contributed by atoms with Crippen molar-refractivity contribution in [3.8, 4) is 5.75 Å². The second kappa shape index (κ2) is 9.38. The molecule has 1 aromatic heterocycles. The molecule has 0 radical (unpaired) electrons. The molecule has 25 heavy (non-hydrogen) atoms. The molecule has 1 heterocycles. The predicted octanol–water partition coefficient (Wildman–Crippen LogP) is 2.91. The minimum atomic E-state index is -0.629. The Bertz CT molecular complexity index is 736. The van der Waals surface area contributed by atoms with Gasteiger partial charge in [0.2, 0.25) is 5.13 Å². The Labute approximate surface area is 154 Å². The number of carbonyl (C=O) groups excluding carboxylic acids is 2. The molecule has 0 saturated carbocycles. The van der Waals surface area contributed by atoms with Crippen molar-refractivity contribution in [2.24, 2.45) is 0 Å². The van der Waals surface area contributed by atoms with Gasteiger partial charge in [0.15, 0.2) is 10.4 Å². The van der Waals surface area contributed by atoms with E-state index in [1.165, 1.54) is 30.2 Å². The zero-order chi connectivity index (χ0) is 18.2. The quantitative estimate of drug-likeness (QED) is 0.427. The van der Waals surface area contributed by atoms with Crippen molar-refractivity contribution in [1.29, 1.82) is 0 Å². The third kappa shape index (κ3) is 5.71. The first-order valence-corrected chi connectivity index (χ1v) is 9.40. The highest BCUT2D eigenvalue weighted by Gasteiger charge is 2.21. The zero-order valence-corrected chi connectivity index (χ0v) is 15.8. The number of rotatable bonds is 8. The van der Waals surface area contributed by atoms with Gasteiger partial charge >= 0.3 is 5.97 Å². The number of aromatic nitrogens is 2. The van der Waals surface area contributed by atoms with Gasteiger partial charge in [0.05, 0.1) is 12.9 Å². The topological polar surface area (TPSA) is 90.4 Å². The minimum Gasteiger partial charge on any atom is -0.480 e. The molecular formula is C16H19N3O4S2. The predicted molar refractivity (Wildman–Crippen MR) is 97.2 cm³/mol. The fourth-order valence-corrected chi connectivity index (χ4v) is 3.44. The maximum absolute atomic E-state index is 12.4. The number of hydrogen-bond acceptors (Lipinski definition) is 8. The molecule has 134 valence electrons. The number of benzene rings is 1. The van der Waals surface area contributed by atoms with E-state index in [9.17, 15) is 9.59 Å². The van der Waals surface area contributed by atoms with E-state index in [-0.39, 0.29) is 17.6 Å². The van der Waals surface area contributed by atoms with Crippen molar-refractivity contribution in [3.63, 3.8) is 0 Å². The fourth-order valence-electron chi connectivity index (χ4n) is 1.85. The van der Waals surface area contributed by atoms with Gasteiger partial charge in [-0.3, -0.25) is 14.9 Å². The molecule has 0 aliphatic rings. The molecule has 2 rings (SSSR count). The first kappa shape index (κ1) is 19.2. The lowest BCUT2D eigenvalue weighted by Crippen LogP contribution is -2.32. The van der Waals surface area contributed by atoms with Crippen molar-refractivity contribution in [2.75, 3.05) is 18.2 Å². The van der Waals surface area contributed by atoms with Crippen LogP contribution in [0.1, 0.15) is 18.9 Å². The Kier molecular flexibility index (Phi) is 7.20. The summed E-state index contributed by atoms with van der Waals surface area (Å²) in [6.07, 6.45) is -0.112. The molecular weight excluding hydrogens is 362 g/mol. The van der Waals surface area contributed by atoms with E-state index in [4.69, 9.17) is 4.74 Å². The Morgan fingerprint density at radius 3 is 2.76 bits per heavy atom. The molecule has 7 nitrogen and oxygen atoms in total. The van der Waals surface area contributed by atoms with Crippen molar-refractivity contribution in [3.05, 3.63) is 29.8 Å². The van der Waals surface area contributed by atoms with Crippen LogP contribution in [-0.4, -0.2) is 41.0 Å². The number of para-hydroxylation sites is 1. The maximum atomic E-state index is 12.4. The number of thioether (sulfide) groups is 1. The van der Waals surface area contributed by atoms with Crippen LogP contribution in [0.25, 0.3) is 0 Å². The SMILES string of the molecule is CC[C@@H](Oc1ccccc1C)C(=O)Nc1nnc(SCC(=O)OC)s1. The van der Waals surface area contributed by atoms with Gasteiger partial charge in [-0.1, -0.05) is 48.2 Å². The Morgan fingerprint density at radius 1 is 1.32 bits per heavy atom. The summed E-state index contributed by atoms with van der Waals surface area (Å²) < 4.78 is 11.0. The monoisotopic (exact) mass is 381 g/mol. The number of methoxy groups -OCH3 is 1. The number of hydrogen-bond donors (Lipinski definition) is 1. The number of nitrogens with zero attached hydrogens (tertiary/aromatic N) is 2. The average Bonchev–Trinajstić information content (AvgIpc) is 3.06. The number of aryl methyl sites for hydroxylation is 1. The summed E-state index contributed by atoms with van der Waals surface area (Å²) in [6.45, 7) is 3.80. The molecule has 1 aromatic carbocycles. The third-order valence-corrected chi connectivity index (χ3v) is 5.15. The minimum absolute atomic E-state index is 0.146. The van der Waals surface area contributed by atoms with Gasteiger partial charge in [-0.2, -0.15) is 0 Å². The molecule has 1 atom stereocenters. The number of nitrogens with one attached hydrogen (secondary N) is 1. The van der Waals surface area contributed by atoms with Crippen LogP contribution < -0.4 is 10.1 Å². The van der Waals surface area contributed by atoms with E-state index in [1.54, 1.807) is 0 Å². The van der Waals surface area contributed by atoms with Crippen LogP contribution in [0.4, 0.5) is 5.13 Å². The van der Waals surface area contributed by atoms with Crippen LogP contribution in [0.5, 0.6) is 5.75 Å². The summed E-state index contributed by atoms with van der Waals surface area (Å²) in [5.41, 5.74) is 0.964.